The first-order chi connectivity index (χ1) is 11.1. The molecule has 0 saturated carbocycles. The lowest BCUT2D eigenvalue weighted by Gasteiger charge is -2.30. The third-order valence-corrected chi connectivity index (χ3v) is 3.78. The average Bonchev–Trinajstić information content (AvgIpc) is 2.56. The lowest BCUT2D eigenvalue weighted by atomic mass is 9.97. The van der Waals surface area contributed by atoms with E-state index in [9.17, 15) is 9.59 Å². The molecule has 3 N–H and O–H groups in total. The summed E-state index contributed by atoms with van der Waals surface area (Å²) in [5.74, 6) is 1.02. The van der Waals surface area contributed by atoms with E-state index in [1.165, 1.54) is 0 Å². The fourth-order valence-electron chi connectivity index (χ4n) is 2.46. The summed E-state index contributed by atoms with van der Waals surface area (Å²) in [6, 6.07) is 7.01. The van der Waals surface area contributed by atoms with Crippen molar-refractivity contribution in [3.05, 3.63) is 24.3 Å². The Morgan fingerprint density at radius 1 is 1.17 bits per heavy atom. The molecule has 0 aromatic heterocycles. The molecule has 1 aromatic carbocycles. The Morgan fingerprint density at radius 2 is 1.74 bits per heavy atom. The minimum atomic E-state index is -0.288. The third kappa shape index (κ3) is 5.05. The van der Waals surface area contributed by atoms with Gasteiger partial charge in [-0.1, -0.05) is 0 Å². The highest BCUT2D eigenvalue weighted by molar-refractivity contribution is 5.78. The minimum absolute atomic E-state index is 0.0859. The smallest absolute Gasteiger partial charge is 0.320 e. The van der Waals surface area contributed by atoms with Crippen molar-refractivity contribution in [1.82, 2.24) is 10.2 Å². The van der Waals surface area contributed by atoms with Crippen LogP contribution in [-0.4, -0.2) is 43.3 Å². The van der Waals surface area contributed by atoms with Crippen molar-refractivity contribution in [1.29, 1.82) is 0 Å². The predicted molar refractivity (Wildman–Crippen MR) is 85.1 cm³/mol. The normalized spacial score (nSPS) is 15.1. The number of hydrogen-bond donors (Lipinski definition) is 2. The van der Waals surface area contributed by atoms with Gasteiger partial charge in [-0.05, 0) is 44.0 Å². The number of ether oxygens (including phenoxy) is 2. The molecule has 0 bridgehead atoms. The average molecular weight is 321 g/mol. The molecule has 1 aliphatic heterocycles. The minimum Gasteiger partial charge on any atom is -0.494 e. The summed E-state index contributed by atoms with van der Waals surface area (Å²) in [4.78, 5) is 24.8. The molecule has 1 fully saturated rings. The SMILES string of the molecule is CCOc1ccc(OCNC(=O)N2CCC(C(N)=O)CC2)cc1. The number of piperidine rings is 1. The summed E-state index contributed by atoms with van der Waals surface area (Å²) < 4.78 is 10.8. The van der Waals surface area contributed by atoms with Gasteiger partial charge < -0.3 is 25.4 Å². The summed E-state index contributed by atoms with van der Waals surface area (Å²) >= 11 is 0. The van der Waals surface area contributed by atoms with Crippen molar-refractivity contribution in [2.45, 2.75) is 19.8 Å². The molecule has 1 aromatic rings. The van der Waals surface area contributed by atoms with Gasteiger partial charge in [-0.25, -0.2) is 4.79 Å². The quantitative estimate of drug-likeness (QED) is 0.773. The van der Waals surface area contributed by atoms with Gasteiger partial charge >= 0.3 is 6.03 Å². The van der Waals surface area contributed by atoms with Crippen LogP contribution in [0, 0.1) is 5.92 Å². The maximum Gasteiger partial charge on any atom is 0.320 e. The Labute approximate surface area is 135 Å². The Balaban J connectivity index is 1.69. The Hall–Kier alpha value is -2.44. The number of nitrogens with zero attached hydrogens (tertiary/aromatic N) is 1. The molecule has 1 aliphatic rings. The van der Waals surface area contributed by atoms with Gasteiger partial charge in [0.1, 0.15) is 11.5 Å². The number of benzene rings is 1. The lowest BCUT2D eigenvalue weighted by Crippen LogP contribution is -2.47. The molecular formula is C16H23N3O4. The molecule has 0 radical (unpaired) electrons. The predicted octanol–water partition coefficient (Wildman–Crippen LogP) is 1.33. The number of primary amides is 1. The first-order valence-electron chi connectivity index (χ1n) is 7.78. The second-order valence-corrected chi connectivity index (χ2v) is 5.34. The fourth-order valence-corrected chi connectivity index (χ4v) is 2.46. The third-order valence-electron chi connectivity index (χ3n) is 3.78. The number of carbonyl (C=O) groups excluding carboxylic acids is 2. The van der Waals surface area contributed by atoms with Crippen LogP contribution in [0.1, 0.15) is 19.8 Å². The number of hydrogen-bond acceptors (Lipinski definition) is 4. The first-order valence-corrected chi connectivity index (χ1v) is 7.78. The summed E-state index contributed by atoms with van der Waals surface area (Å²) in [6.45, 7) is 3.68. The van der Waals surface area contributed by atoms with Gasteiger partial charge in [-0.3, -0.25) is 4.79 Å². The van der Waals surface area contributed by atoms with Crippen molar-refractivity contribution in [3.63, 3.8) is 0 Å². The fraction of sp³-hybridized carbons (Fsp3) is 0.500. The highest BCUT2D eigenvalue weighted by Crippen LogP contribution is 2.18. The molecule has 0 atom stereocenters. The standard InChI is InChI=1S/C16H23N3O4/c1-2-22-13-3-5-14(6-4-13)23-11-18-16(21)19-9-7-12(8-10-19)15(17)20/h3-6,12H,2,7-11H2,1H3,(H2,17,20)(H,18,21). The van der Waals surface area contributed by atoms with Gasteiger partial charge in [0.05, 0.1) is 6.61 Å². The van der Waals surface area contributed by atoms with Crippen LogP contribution in [0.15, 0.2) is 24.3 Å². The van der Waals surface area contributed by atoms with E-state index in [0.29, 0.717) is 38.3 Å². The molecule has 126 valence electrons. The van der Waals surface area contributed by atoms with E-state index in [-0.39, 0.29) is 24.6 Å². The number of carbonyl (C=O) groups is 2. The van der Waals surface area contributed by atoms with E-state index in [0.717, 1.165) is 5.75 Å². The molecule has 0 unspecified atom stereocenters. The molecule has 7 heteroatoms. The molecule has 7 nitrogen and oxygen atoms in total. The van der Waals surface area contributed by atoms with Crippen LogP contribution in [0.25, 0.3) is 0 Å². The summed E-state index contributed by atoms with van der Waals surface area (Å²) in [5, 5.41) is 2.70. The molecule has 23 heavy (non-hydrogen) atoms. The summed E-state index contributed by atoms with van der Waals surface area (Å²) in [6.07, 6.45) is 1.23. The largest absolute Gasteiger partial charge is 0.494 e. The van der Waals surface area contributed by atoms with Gasteiger partial charge in [-0.15, -0.1) is 0 Å². The van der Waals surface area contributed by atoms with Crippen LogP contribution in [-0.2, 0) is 4.79 Å². The molecule has 0 aliphatic carbocycles. The zero-order chi connectivity index (χ0) is 16.7. The van der Waals surface area contributed by atoms with Gasteiger partial charge in [-0.2, -0.15) is 0 Å². The number of likely N-dealkylation sites (tertiary alicyclic amines) is 1. The number of urea groups is 1. The van der Waals surface area contributed by atoms with Crippen molar-refractivity contribution < 1.29 is 19.1 Å². The first kappa shape index (κ1) is 16.9. The molecule has 1 saturated heterocycles. The Bertz CT molecular complexity index is 525. The zero-order valence-corrected chi connectivity index (χ0v) is 13.3. The van der Waals surface area contributed by atoms with E-state index >= 15 is 0 Å². The number of amides is 3. The topological polar surface area (TPSA) is 93.9 Å². The summed E-state index contributed by atoms with van der Waals surface area (Å²) in [5.41, 5.74) is 5.28. The van der Waals surface area contributed by atoms with Gasteiger partial charge in [0.25, 0.3) is 0 Å². The second kappa shape index (κ2) is 8.26. The molecule has 3 amide bonds. The number of nitrogens with one attached hydrogen (secondary N) is 1. The molecule has 0 spiro atoms. The van der Waals surface area contributed by atoms with E-state index in [1.807, 2.05) is 19.1 Å². The van der Waals surface area contributed by atoms with E-state index in [1.54, 1.807) is 17.0 Å². The molecular weight excluding hydrogens is 298 g/mol. The van der Waals surface area contributed by atoms with E-state index in [4.69, 9.17) is 15.2 Å². The van der Waals surface area contributed by atoms with E-state index < -0.39 is 0 Å². The van der Waals surface area contributed by atoms with Crippen LogP contribution in [0.2, 0.25) is 0 Å². The van der Waals surface area contributed by atoms with Gasteiger partial charge in [0, 0.05) is 19.0 Å². The monoisotopic (exact) mass is 321 g/mol. The lowest BCUT2D eigenvalue weighted by molar-refractivity contribution is -0.123. The van der Waals surface area contributed by atoms with Gasteiger partial charge in [0.15, 0.2) is 6.73 Å². The molecule has 2 rings (SSSR count). The van der Waals surface area contributed by atoms with Crippen LogP contribution >= 0.6 is 0 Å². The van der Waals surface area contributed by atoms with Crippen LogP contribution < -0.4 is 20.5 Å². The van der Waals surface area contributed by atoms with Gasteiger partial charge in [0.2, 0.25) is 5.91 Å². The van der Waals surface area contributed by atoms with E-state index in [2.05, 4.69) is 5.32 Å². The zero-order valence-electron chi connectivity index (χ0n) is 13.3. The van der Waals surface area contributed by atoms with Crippen LogP contribution in [0.3, 0.4) is 0 Å². The second-order valence-electron chi connectivity index (χ2n) is 5.34. The van der Waals surface area contributed by atoms with Crippen LogP contribution in [0.4, 0.5) is 4.79 Å². The Morgan fingerprint density at radius 3 is 2.26 bits per heavy atom. The highest BCUT2D eigenvalue weighted by Gasteiger charge is 2.25. The van der Waals surface area contributed by atoms with Crippen LogP contribution in [0.5, 0.6) is 11.5 Å². The van der Waals surface area contributed by atoms with Crippen molar-refractivity contribution in [2.75, 3.05) is 26.4 Å². The number of rotatable bonds is 6. The number of nitrogens with two attached hydrogens (primary N) is 1. The molecule has 1 heterocycles. The Kier molecular flexibility index (Phi) is 6.08. The summed E-state index contributed by atoms with van der Waals surface area (Å²) in [7, 11) is 0. The highest BCUT2D eigenvalue weighted by atomic mass is 16.5. The van der Waals surface area contributed by atoms with Crippen molar-refractivity contribution in [3.8, 4) is 11.5 Å². The maximum atomic E-state index is 12.0. The maximum absolute atomic E-state index is 12.0. The van der Waals surface area contributed by atoms with Crippen molar-refractivity contribution >= 4 is 11.9 Å². The van der Waals surface area contributed by atoms with Crippen molar-refractivity contribution in [2.24, 2.45) is 11.7 Å².